The van der Waals surface area contributed by atoms with Crippen molar-refractivity contribution in [1.82, 2.24) is 4.98 Å². The van der Waals surface area contributed by atoms with Gasteiger partial charge in [0.25, 0.3) is 5.91 Å². The van der Waals surface area contributed by atoms with Crippen LogP contribution in [0.3, 0.4) is 0 Å². The van der Waals surface area contributed by atoms with Crippen molar-refractivity contribution >= 4 is 35.0 Å². The fourth-order valence-electron chi connectivity index (χ4n) is 2.23. The van der Waals surface area contributed by atoms with Crippen LogP contribution in [0.15, 0.2) is 64.9 Å². The lowest BCUT2D eigenvalue weighted by molar-refractivity contribution is 0.102. The van der Waals surface area contributed by atoms with Gasteiger partial charge in [-0.15, -0.1) is 24.0 Å². The second-order valence-electron chi connectivity index (χ2n) is 5.10. The maximum atomic E-state index is 12.2. The number of thiol groups is 1. The maximum Gasteiger partial charge on any atom is 0.258 e. The summed E-state index contributed by atoms with van der Waals surface area (Å²) in [6.07, 6.45) is 1.80. The van der Waals surface area contributed by atoms with Crippen LogP contribution < -0.4 is 5.32 Å². The van der Waals surface area contributed by atoms with E-state index < -0.39 is 0 Å². The van der Waals surface area contributed by atoms with Gasteiger partial charge in [0, 0.05) is 10.3 Å². The number of carbonyl (C=O) groups is 1. The van der Waals surface area contributed by atoms with Gasteiger partial charge in [0.2, 0.25) is 0 Å². The molecule has 0 bridgehead atoms. The van der Waals surface area contributed by atoms with Gasteiger partial charge in [-0.05, 0) is 30.5 Å². The second-order valence-corrected chi connectivity index (χ2v) is 6.44. The molecule has 5 heteroatoms. The number of anilines is 1. The van der Waals surface area contributed by atoms with Crippen LogP contribution in [-0.2, 0) is 12.8 Å². The minimum absolute atomic E-state index is 0.181. The normalized spacial score (nSPS) is 10.5. The fourth-order valence-corrected chi connectivity index (χ4v) is 3.23. The van der Waals surface area contributed by atoms with Gasteiger partial charge in [-0.2, -0.15) is 0 Å². The number of nitrogens with one attached hydrogen (secondary N) is 1. The molecule has 1 N–H and O–H groups in total. The highest BCUT2D eigenvalue weighted by Gasteiger charge is 2.11. The van der Waals surface area contributed by atoms with Crippen molar-refractivity contribution in [3.05, 3.63) is 76.8 Å². The molecule has 0 aliphatic heterocycles. The number of aromatic nitrogens is 1. The van der Waals surface area contributed by atoms with E-state index in [9.17, 15) is 4.79 Å². The molecule has 1 amide bonds. The Hall–Kier alpha value is -2.11. The van der Waals surface area contributed by atoms with Crippen molar-refractivity contribution in [2.75, 3.05) is 5.32 Å². The molecule has 0 atom stereocenters. The van der Waals surface area contributed by atoms with E-state index in [-0.39, 0.29) is 5.91 Å². The molecule has 116 valence electrons. The SMILES string of the molecule is O=C(Nc1nc(CCc2ccccc2)cs1)c1ccccc1S. The van der Waals surface area contributed by atoms with Gasteiger partial charge in [-0.3, -0.25) is 10.1 Å². The third-order valence-electron chi connectivity index (χ3n) is 3.43. The second kappa shape index (κ2) is 7.44. The van der Waals surface area contributed by atoms with Gasteiger partial charge in [0.15, 0.2) is 5.13 Å². The first-order valence-electron chi connectivity index (χ1n) is 7.30. The summed E-state index contributed by atoms with van der Waals surface area (Å²) in [5.74, 6) is -0.181. The van der Waals surface area contributed by atoms with Crippen LogP contribution in [0.2, 0.25) is 0 Å². The maximum absolute atomic E-state index is 12.2. The average molecular weight is 340 g/mol. The van der Waals surface area contributed by atoms with Gasteiger partial charge >= 0.3 is 0 Å². The van der Waals surface area contributed by atoms with Gasteiger partial charge in [-0.25, -0.2) is 4.98 Å². The highest BCUT2D eigenvalue weighted by atomic mass is 32.1. The average Bonchev–Trinajstić information content (AvgIpc) is 3.02. The number of thiazole rings is 1. The van der Waals surface area contributed by atoms with Gasteiger partial charge in [0.05, 0.1) is 11.3 Å². The fraction of sp³-hybridized carbons (Fsp3) is 0.111. The lowest BCUT2D eigenvalue weighted by Gasteiger charge is -2.04. The lowest BCUT2D eigenvalue weighted by Crippen LogP contribution is -2.12. The number of rotatable bonds is 5. The zero-order valence-corrected chi connectivity index (χ0v) is 14.1. The van der Waals surface area contributed by atoms with E-state index in [1.807, 2.05) is 35.7 Å². The first-order valence-corrected chi connectivity index (χ1v) is 8.63. The largest absolute Gasteiger partial charge is 0.298 e. The molecule has 0 radical (unpaired) electrons. The zero-order chi connectivity index (χ0) is 16.1. The molecule has 1 aromatic heterocycles. The van der Waals surface area contributed by atoms with Crippen LogP contribution in [0.5, 0.6) is 0 Å². The number of benzene rings is 2. The van der Waals surface area contributed by atoms with Crippen LogP contribution in [0.25, 0.3) is 0 Å². The van der Waals surface area contributed by atoms with E-state index in [1.54, 1.807) is 12.1 Å². The monoisotopic (exact) mass is 340 g/mol. The minimum atomic E-state index is -0.181. The van der Waals surface area contributed by atoms with E-state index in [0.29, 0.717) is 15.6 Å². The van der Waals surface area contributed by atoms with Crippen molar-refractivity contribution in [2.45, 2.75) is 17.7 Å². The van der Waals surface area contributed by atoms with Crippen LogP contribution in [0.1, 0.15) is 21.6 Å². The Morgan fingerprint density at radius 1 is 1.04 bits per heavy atom. The molecule has 1 heterocycles. The van der Waals surface area contributed by atoms with Gasteiger partial charge in [-0.1, -0.05) is 42.5 Å². The Bertz CT molecular complexity index is 800. The van der Waals surface area contributed by atoms with E-state index >= 15 is 0 Å². The summed E-state index contributed by atoms with van der Waals surface area (Å²) in [4.78, 5) is 17.4. The van der Waals surface area contributed by atoms with Crippen LogP contribution >= 0.6 is 24.0 Å². The number of amides is 1. The zero-order valence-electron chi connectivity index (χ0n) is 12.4. The Kier molecular flexibility index (Phi) is 5.10. The first-order chi connectivity index (χ1) is 11.2. The van der Waals surface area contributed by atoms with E-state index in [4.69, 9.17) is 0 Å². The van der Waals surface area contributed by atoms with Crippen molar-refractivity contribution in [2.24, 2.45) is 0 Å². The molecule has 0 fully saturated rings. The molecule has 0 saturated heterocycles. The first kappa shape index (κ1) is 15.8. The van der Waals surface area contributed by atoms with Gasteiger partial charge < -0.3 is 0 Å². The van der Waals surface area contributed by atoms with Crippen LogP contribution in [0, 0.1) is 0 Å². The van der Waals surface area contributed by atoms with Crippen molar-refractivity contribution in [3.8, 4) is 0 Å². The molecule has 3 aromatic rings. The predicted molar refractivity (Wildman–Crippen MR) is 97.6 cm³/mol. The molecule has 2 aromatic carbocycles. The van der Waals surface area contributed by atoms with Crippen molar-refractivity contribution < 1.29 is 4.79 Å². The Balaban J connectivity index is 1.61. The summed E-state index contributed by atoms with van der Waals surface area (Å²) in [5, 5.41) is 5.45. The third kappa shape index (κ3) is 4.21. The summed E-state index contributed by atoms with van der Waals surface area (Å²) in [6.45, 7) is 0. The van der Waals surface area contributed by atoms with Crippen LogP contribution in [-0.4, -0.2) is 10.9 Å². The summed E-state index contributed by atoms with van der Waals surface area (Å²) < 4.78 is 0. The van der Waals surface area contributed by atoms with Gasteiger partial charge in [0.1, 0.15) is 0 Å². The number of nitrogens with zero attached hydrogens (tertiary/aromatic N) is 1. The molecule has 0 saturated carbocycles. The third-order valence-corrected chi connectivity index (χ3v) is 4.63. The predicted octanol–water partition coefficient (Wildman–Crippen LogP) is 4.47. The van der Waals surface area contributed by atoms with Crippen molar-refractivity contribution in [1.29, 1.82) is 0 Å². The highest BCUT2D eigenvalue weighted by molar-refractivity contribution is 7.80. The number of aryl methyl sites for hydroxylation is 2. The molecular formula is C18H16N2OS2. The topological polar surface area (TPSA) is 42.0 Å². The Morgan fingerprint density at radius 3 is 2.57 bits per heavy atom. The summed E-state index contributed by atoms with van der Waals surface area (Å²) in [6, 6.07) is 17.5. The summed E-state index contributed by atoms with van der Waals surface area (Å²) >= 11 is 5.75. The minimum Gasteiger partial charge on any atom is -0.298 e. The molecule has 3 rings (SSSR count). The Morgan fingerprint density at radius 2 is 1.78 bits per heavy atom. The summed E-state index contributed by atoms with van der Waals surface area (Å²) in [7, 11) is 0. The lowest BCUT2D eigenvalue weighted by atomic mass is 10.1. The van der Waals surface area contributed by atoms with Crippen molar-refractivity contribution in [3.63, 3.8) is 0 Å². The molecular weight excluding hydrogens is 324 g/mol. The molecule has 3 nitrogen and oxygen atoms in total. The molecule has 0 aliphatic rings. The molecule has 0 spiro atoms. The molecule has 0 aliphatic carbocycles. The van der Waals surface area contributed by atoms with E-state index in [1.165, 1.54) is 16.9 Å². The molecule has 23 heavy (non-hydrogen) atoms. The standard InChI is InChI=1S/C18H16N2OS2/c21-17(15-8-4-5-9-16(15)22)20-18-19-14(12-23-18)11-10-13-6-2-1-3-7-13/h1-9,12,22H,10-11H2,(H,19,20,21). The smallest absolute Gasteiger partial charge is 0.258 e. The Labute approximate surface area is 144 Å². The van der Waals surface area contributed by atoms with E-state index in [2.05, 4.69) is 35.1 Å². The van der Waals surface area contributed by atoms with Crippen LogP contribution in [0.4, 0.5) is 5.13 Å². The highest BCUT2D eigenvalue weighted by Crippen LogP contribution is 2.20. The summed E-state index contributed by atoms with van der Waals surface area (Å²) in [5.41, 5.74) is 2.83. The van der Waals surface area contributed by atoms with E-state index in [0.717, 1.165) is 18.5 Å². The molecule has 0 unspecified atom stereocenters. The quantitative estimate of drug-likeness (QED) is 0.673. The number of hydrogen-bond acceptors (Lipinski definition) is 4. The number of carbonyl (C=O) groups excluding carboxylic acids is 1. The number of hydrogen-bond donors (Lipinski definition) is 2.